The van der Waals surface area contributed by atoms with Crippen LogP contribution in [0.1, 0.15) is 18.2 Å². The summed E-state index contributed by atoms with van der Waals surface area (Å²) in [6, 6.07) is 14.7. The molecule has 0 aliphatic carbocycles. The van der Waals surface area contributed by atoms with E-state index >= 15 is 0 Å². The van der Waals surface area contributed by atoms with Crippen molar-refractivity contribution < 1.29 is 9.13 Å². The lowest BCUT2D eigenvalue weighted by atomic mass is 10.1. The molecule has 0 saturated carbocycles. The molecule has 1 aromatic heterocycles. The van der Waals surface area contributed by atoms with Crippen molar-refractivity contribution in [2.75, 3.05) is 0 Å². The summed E-state index contributed by atoms with van der Waals surface area (Å²) in [5.74, 6) is 0.277. The summed E-state index contributed by atoms with van der Waals surface area (Å²) in [4.78, 5) is 0. The minimum Gasteiger partial charge on any atom is -0.487 e. The molecule has 0 fully saturated rings. The number of nitrogens with zero attached hydrogens (tertiary/aromatic N) is 1. The number of benzene rings is 2. The van der Waals surface area contributed by atoms with Crippen LogP contribution in [0.5, 0.6) is 5.75 Å². The van der Waals surface area contributed by atoms with Crippen molar-refractivity contribution in [2.24, 2.45) is 0 Å². The maximum Gasteiger partial charge on any atom is 0.128 e. The smallest absolute Gasteiger partial charge is 0.128 e. The van der Waals surface area contributed by atoms with E-state index in [9.17, 15) is 4.39 Å². The van der Waals surface area contributed by atoms with Crippen LogP contribution in [-0.2, 0) is 13.2 Å². The van der Waals surface area contributed by atoms with Crippen LogP contribution >= 0.6 is 0 Å². The Morgan fingerprint density at radius 2 is 1.90 bits per heavy atom. The molecule has 0 saturated heterocycles. The zero-order valence-electron chi connectivity index (χ0n) is 12.3. The Bertz CT molecular complexity index is 776. The monoisotopic (exact) mass is 283 g/mol. The first kappa shape index (κ1) is 13.7. The molecule has 0 spiro atoms. The van der Waals surface area contributed by atoms with Crippen molar-refractivity contribution in [1.82, 2.24) is 4.57 Å². The van der Waals surface area contributed by atoms with E-state index in [4.69, 9.17) is 4.74 Å². The first-order valence-electron chi connectivity index (χ1n) is 7.15. The standard InChI is InChI=1S/C18H18FNO/c1-3-20-15(11-17-13(2)6-4-9-18(17)20)12-21-16-8-5-7-14(19)10-16/h4-11H,3,12H2,1-2H3. The molecule has 0 aliphatic rings. The van der Waals surface area contributed by atoms with Crippen LogP contribution in [0.4, 0.5) is 4.39 Å². The van der Waals surface area contributed by atoms with E-state index < -0.39 is 0 Å². The van der Waals surface area contributed by atoms with Gasteiger partial charge in [-0.05, 0) is 43.7 Å². The molecule has 0 bridgehead atoms. The summed E-state index contributed by atoms with van der Waals surface area (Å²) in [5.41, 5.74) is 3.58. The molecule has 3 rings (SSSR count). The number of fused-ring (bicyclic) bond motifs is 1. The molecule has 2 aromatic carbocycles. The van der Waals surface area contributed by atoms with Gasteiger partial charge >= 0.3 is 0 Å². The predicted molar refractivity (Wildman–Crippen MR) is 83.1 cm³/mol. The second-order valence-electron chi connectivity index (χ2n) is 5.13. The Morgan fingerprint density at radius 3 is 2.67 bits per heavy atom. The predicted octanol–water partition coefficient (Wildman–Crippen LogP) is 4.69. The highest BCUT2D eigenvalue weighted by Crippen LogP contribution is 2.24. The van der Waals surface area contributed by atoms with Gasteiger partial charge in [0.05, 0.1) is 5.69 Å². The summed E-state index contributed by atoms with van der Waals surface area (Å²) in [6.07, 6.45) is 0. The van der Waals surface area contributed by atoms with Gasteiger partial charge in [0.1, 0.15) is 18.2 Å². The Labute approximate surface area is 123 Å². The van der Waals surface area contributed by atoms with Crippen LogP contribution < -0.4 is 4.74 Å². The summed E-state index contributed by atoms with van der Waals surface area (Å²) < 4.78 is 21.1. The zero-order valence-corrected chi connectivity index (χ0v) is 12.3. The maximum atomic E-state index is 13.2. The highest BCUT2D eigenvalue weighted by Gasteiger charge is 2.09. The molecule has 0 N–H and O–H groups in total. The minimum absolute atomic E-state index is 0.278. The van der Waals surface area contributed by atoms with E-state index in [-0.39, 0.29) is 5.82 Å². The number of ether oxygens (including phenoxy) is 1. The number of aryl methyl sites for hydroxylation is 2. The van der Waals surface area contributed by atoms with Gasteiger partial charge in [0.25, 0.3) is 0 Å². The third-order valence-corrected chi connectivity index (χ3v) is 3.75. The second-order valence-corrected chi connectivity index (χ2v) is 5.13. The van der Waals surface area contributed by atoms with Gasteiger partial charge in [-0.2, -0.15) is 0 Å². The topological polar surface area (TPSA) is 14.2 Å². The fourth-order valence-corrected chi connectivity index (χ4v) is 2.69. The molecular formula is C18H18FNO. The van der Waals surface area contributed by atoms with Crippen LogP contribution in [0.3, 0.4) is 0 Å². The van der Waals surface area contributed by atoms with Crippen LogP contribution in [0.25, 0.3) is 10.9 Å². The highest BCUT2D eigenvalue weighted by atomic mass is 19.1. The molecule has 3 heteroatoms. The lowest BCUT2D eigenvalue weighted by Gasteiger charge is -2.10. The van der Waals surface area contributed by atoms with E-state index in [1.54, 1.807) is 12.1 Å². The van der Waals surface area contributed by atoms with Crippen molar-refractivity contribution in [3.63, 3.8) is 0 Å². The number of hydrogen-bond acceptors (Lipinski definition) is 1. The molecule has 1 heterocycles. The van der Waals surface area contributed by atoms with Gasteiger partial charge in [0.15, 0.2) is 0 Å². The first-order chi connectivity index (χ1) is 10.2. The second kappa shape index (κ2) is 5.60. The first-order valence-corrected chi connectivity index (χ1v) is 7.15. The molecule has 0 aliphatic heterocycles. The molecule has 0 atom stereocenters. The zero-order chi connectivity index (χ0) is 14.8. The van der Waals surface area contributed by atoms with Gasteiger partial charge in [-0.1, -0.05) is 18.2 Å². The van der Waals surface area contributed by atoms with Gasteiger partial charge in [-0.25, -0.2) is 4.39 Å². The third-order valence-electron chi connectivity index (χ3n) is 3.75. The van der Waals surface area contributed by atoms with Gasteiger partial charge < -0.3 is 9.30 Å². The van der Waals surface area contributed by atoms with Crippen LogP contribution in [-0.4, -0.2) is 4.57 Å². The minimum atomic E-state index is -0.278. The lowest BCUT2D eigenvalue weighted by Crippen LogP contribution is -2.04. The summed E-state index contributed by atoms with van der Waals surface area (Å²) >= 11 is 0. The molecule has 2 nitrogen and oxygen atoms in total. The molecule has 108 valence electrons. The molecule has 0 radical (unpaired) electrons. The van der Waals surface area contributed by atoms with Crippen LogP contribution in [0.15, 0.2) is 48.5 Å². The molecule has 0 amide bonds. The van der Waals surface area contributed by atoms with Gasteiger partial charge in [-0.15, -0.1) is 0 Å². The summed E-state index contributed by atoms with van der Waals surface area (Å²) in [6.45, 7) is 5.55. The van der Waals surface area contributed by atoms with Gasteiger partial charge in [0.2, 0.25) is 0 Å². The van der Waals surface area contributed by atoms with Crippen LogP contribution in [0.2, 0.25) is 0 Å². The van der Waals surface area contributed by atoms with Crippen LogP contribution in [0, 0.1) is 12.7 Å². The van der Waals surface area contributed by atoms with Crippen molar-refractivity contribution in [2.45, 2.75) is 27.0 Å². The van der Waals surface area contributed by atoms with Crippen molar-refractivity contribution in [1.29, 1.82) is 0 Å². The third kappa shape index (κ3) is 2.64. The Kier molecular flexibility index (Phi) is 3.65. The Balaban J connectivity index is 1.91. The quantitative estimate of drug-likeness (QED) is 0.677. The summed E-state index contributed by atoms with van der Waals surface area (Å²) in [7, 11) is 0. The fraction of sp³-hybridized carbons (Fsp3) is 0.222. The number of hydrogen-bond donors (Lipinski definition) is 0. The molecule has 21 heavy (non-hydrogen) atoms. The van der Waals surface area contributed by atoms with Crippen molar-refractivity contribution >= 4 is 10.9 Å². The largest absolute Gasteiger partial charge is 0.487 e. The average molecular weight is 283 g/mol. The van der Waals surface area contributed by atoms with E-state index in [0.29, 0.717) is 12.4 Å². The maximum absolute atomic E-state index is 13.2. The van der Waals surface area contributed by atoms with Crippen molar-refractivity contribution in [3.05, 3.63) is 65.6 Å². The number of halogens is 1. The lowest BCUT2D eigenvalue weighted by molar-refractivity contribution is 0.294. The van der Waals surface area contributed by atoms with E-state index in [1.165, 1.54) is 28.6 Å². The number of rotatable bonds is 4. The summed E-state index contributed by atoms with van der Waals surface area (Å²) in [5, 5.41) is 1.25. The van der Waals surface area contributed by atoms with Gasteiger partial charge in [0, 0.05) is 23.5 Å². The van der Waals surface area contributed by atoms with Gasteiger partial charge in [-0.3, -0.25) is 0 Å². The number of aromatic nitrogens is 1. The average Bonchev–Trinajstić information content (AvgIpc) is 2.84. The molecule has 0 unspecified atom stereocenters. The SMILES string of the molecule is CCn1c(COc2cccc(F)c2)cc2c(C)cccc21. The van der Waals surface area contributed by atoms with E-state index in [2.05, 4.69) is 42.7 Å². The van der Waals surface area contributed by atoms with E-state index in [0.717, 1.165) is 12.2 Å². The fourth-order valence-electron chi connectivity index (χ4n) is 2.69. The Morgan fingerprint density at radius 1 is 1.10 bits per heavy atom. The highest BCUT2D eigenvalue weighted by molar-refractivity contribution is 5.84. The molecule has 3 aromatic rings. The van der Waals surface area contributed by atoms with E-state index in [1.807, 2.05) is 0 Å². The Hall–Kier alpha value is -2.29. The molecular weight excluding hydrogens is 265 g/mol. The van der Waals surface area contributed by atoms with Crippen molar-refractivity contribution in [3.8, 4) is 5.75 Å². The normalized spacial score (nSPS) is 11.0.